The highest BCUT2D eigenvalue weighted by molar-refractivity contribution is 9.14. The molecule has 0 aliphatic rings. The summed E-state index contributed by atoms with van der Waals surface area (Å²) in [4.78, 5) is 13.2. The van der Waals surface area contributed by atoms with Gasteiger partial charge < -0.3 is 10.6 Å². The van der Waals surface area contributed by atoms with Gasteiger partial charge in [0, 0.05) is 4.48 Å². The number of hydrogen-bond acceptors (Lipinski definition) is 1. The largest absolute Gasteiger partial charge is 0.333 e. The smallest absolute Gasteiger partial charge is 0.319 e. The maximum absolute atomic E-state index is 11.5. The van der Waals surface area contributed by atoms with Crippen molar-refractivity contribution in [2.45, 2.75) is 0 Å². The molecule has 92 valence electrons. The van der Waals surface area contributed by atoms with Gasteiger partial charge in [-0.2, -0.15) is 0 Å². The molecule has 3 nitrogen and oxygen atoms in total. The van der Waals surface area contributed by atoms with Gasteiger partial charge >= 0.3 is 6.03 Å². The number of carbonyl (C=O) groups excluding carboxylic acids is 1. The van der Waals surface area contributed by atoms with Gasteiger partial charge in [-0.25, -0.2) is 4.79 Å². The summed E-state index contributed by atoms with van der Waals surface area (Å²) >= 11 is 18.2. The average Bonchev–Trinajstić information content (AvgIpc) is 2.31. The standard InChI is InChI=1S/C10H8Br2Cl2N2O/c11-4-6(12)5-15-10(17)16-9-7(13)2-1-3-8(9)14/h1-4H,5H2,(H2,15,16,17)/b6-4+. The minimum Gasteiger partial charge on any atom is -0.333 e. The van der Waals surface area contributed by atoms with Crippen molar-refractivity contribution in [1.82, 2.24) is 5.32 Å². The van der Waals surface area contributed by atoms with Gasteiger partial charge in [-0.3, -0.25) is 0 Å². The number of hydrogen-bond donors (Lipinski definition) is 2. The highest BCUT2D eigenvalue weighted by Gasteiger charge is 2.08. The minimum absolute atomic E-state index is 0.360. The van der Waals surface area contributed by atoms with Crippen molar-refractivity contribution in [1.29, 1.82) is 0 Å². The van der Waals surface area contributed by atoms with E-state index in [1.165, 1.54) is 0 Å². The predicted molar refractivity (Wildman–Crippen MR) is 79.4 cm³/mol. The van der Waals surface area contributed by atoms with Crippen molar-refractivity contribution in [2.75, 3.05) is 11.9 Å². The molecule has 17 heavy (non-hydrogen) atoms. The second-order valence-corrected chi connectivity index (χ2v) is 5.25. The lowest BCUT2D eigenvalue weighted by atomic mass is 10.3. The average molecular weight is 403 g/mol. The van der Waals surface area contributed by atoms with Crippen LogP contribution in [0.15, 0.2) is 27.7 Å². The maximum atomic E-state index is 11.5. The molecule has 2 N–H and O–H groups in total. The highest BCUT2D eigenvalue weighted by Crippen LogP contribution is 2.29. The Hall–Kier alpha value is -0.230. The van der Waals surface area contributed by atoms with Crippen LogP contribution in [0.5, 0.6) is 0 Å². The second-order valence-electron chi connectivity index (χ2n) is 2.96. The van der Waals surface area contributed by atoms with E-state index in [0.29, 0.717) is 22.3 Å². The highest BCUT2D eigenvalue weighted by atomic mass is 79.9. The number of anilines is 1. The van der Waals surface area contributed by atoms with E-state index < -0.39 is 0 Å². The van der Waals surface area contributed by atoms with E-state index in [1.807, 2.05) is 0 Å². The Bertz CT molecular complexity index is 432. The summed E-state index contributed by atoms with van der Waals surface area (Å²) in [5.74, 6) is 0. The van der Waals surface area contributed by atoms with E-state index >= 15 is 0 Å². The quantitative estimate of drug-likeness (QED) is 0.752. The SMILES string of the molecule is O=C(NC/C(Br)=C\Br)Nc1c(Cl)cccc1Cl. The predicted octanol–water partition coefficient (Wildman–Crippen LogP) is 4.75. The zero-order valence-electron chi connectivity index (χ0n) is 8.44. The van der Waals surface area contributed by atoms with Crippen LogP contribution < -0.4 is 10.6 Å². The third-order valence-corrected chi connectivity index (χ3v) is 4.04. The van der Waals surface area contributed by atoms with Crippen molar-refractivity contribution in [3.8, 4) is 0 Å². The number of halogens is 4. The van der Waals surface area contributed by atoms with Gasteiger partial charge in [-0.05, 0) is 17.1 Å². The van der Waals surface area contributed by atoms with Crippen molar-refractivity contribution < 1.29 is 4.79 Å². The number of amides is 2. The molecule has 0 atom stereocenters. The van der Waals surface area contributed by atoms with E-state index in [4.69, 9.17) is 23.2 Å². The van der Waals surface area contributed by atoms with E-state index in [0.717, 1.165) is 4.48 Å². The Morgan fingerprint density at radius 1 is 1.35 bits per heavy atom. The fourth-order valence-corrected chi connectivity index (χ4v) is 1.77. The Morgan fingerprint density at radius 2 is 1.94 bits per heavy atom. The Morgan fingerprint density at radius 3 is 2.47 bits per heavy atom. The zero-order valence-corrected chi connectivity index (χ0v) is 13.1. The number of para-hydroxylation sites is 1. The van der Waals surface area contributed by atoms with E-state index in [9.17, 15) is 4.79 Å². The minimum atomic E-state index is -0.383. The van der Waals surface area contributed by atoms with Crippen molar-refractivity contribution >= 4 is 66.8 Å². The first kappa shape index (κ1) is 14.8. The lowest BCUT2D eigenvalue weighted by Gasteiger charge is -2.10. The first-order chi connectivity index (χ1) is 8.04. The molecule has 0 saturated carbocycles. The number of rotatable bonds is 3. The fraction of sp³-hybridized carbons (Fsp3) is 0.100. The summed E-state index contributed by atoms with van der Waals surface area (Å²) in [7, 11) is 0. The van der Waals surface area contributed by atoms with Crippen molar-refractivity contribution in [3.05, 3.63) is 37.7 Å². The number of benzene rings is 1. The van der Waals surface area contributed by atoms with Gasteiger partial charge in [0.05, 0.1) is 22.3 Å². The Labute approximate surface area is 126 Å². The van der Waals surface area contributed by atoms with Crippen LogP contribution in [0.4, 0.5) is 10.5 Å². The molecule has 0 spiro atoms. The molecule has 2 amide bonds. The number of nitrogens with one attached hydrogen (secondary N) is 2. The van der Waals surface area contributed by atoms with Crippen molar-refractivity contribution in [3.63, 3.8) is 0 Å². The van der Waals surface area contributed by atoms with Crippen LogP contribution in [0.25, 0.3) is 0 Å². The second kappa shape index (κ2) is 7.26. The molecule has 0 unspecified atom stereocenters. The van der Waals surface area contributed by atoms with Crippen LogP contribution >= 0.6 is 55.1 Å². The summed E-state index contributed by atoms with van der Waals surface area (Å²) < 4.78 is 0.804. The molecule has 1 aromatic carbocycles. The van der Waals surface area contributed by atoms with Gasteiger partial charge in [0.2, 0.25) is 0 Å². The van der Waals surface area contributed by atoms with Crippen LogP contribution in [0.2, 0.25) is 10.0 Å². The van der Waals surface area contributed by atoms with Gasteiger partial charge in [0.25, 0.3) is 0 Å². The number of urea groups is 1. The Balaban J connectivity index is 2.62. The van der Waals surface area contributed by atoms with E-state index in [-0.39, 0.29) is 6.03 Å². The molecule has 1 rings (SSSR count). The molecule has 0 bridgehead atoms. The molecule has 0 fully saturated rings. The summed E-state index contributed by atoms with van der Waals surface area (Å²) in [6, 6.07) is 4.62. The molecular weight excluding hydrogens is 395 g/mol. The molecular formula is C10H8Br2Cl2N2O. The van der Waals surface area contributed by atoms with Crippen LogP contribution in [-0.4, -0.2) is 12.6 Å². The van der Waals surface area contributed by atoms with Crippen LogP contribution in [-0.2, 0) is 0 Å². The third-order valence-electron chi connectivity index (χ3n) is 1.74. The van der Waals surface area contributed by atoms with Gasteiger partial charge in [-0.1, -0.05) is 61.1 Å². The molecule has 0 radical (unpaired) electrons. The summed E-state index contributed by atoms with van der Waals surface area (Å²) in [6.07, 6.45) is 0. The third kappa shape index (κ3) is 4.87. The first-order valence-corrected chi connectivity index (χ1v) is 6.94. The van der Waals surface area contributed by atoms with Gasteiger partial charge in [0.15, 0.2) is 0 Å². The zero-order chi connectivity index (χ0) is 12.8. The topological polar surface area (TPSA) is 41.1 Å². The first-order valence-electron chi connectivity index (χ1n) is 4.48. The van der Waals surface area contributed by atoms with Crippen LogP contribution in [0, 0.1) is 0 Å². The molecule has 0 aromatic heterocycles. The van der Waals surface area contributed by atoms with Gasteiger partial charge in [0.1, 0.15) is 0 Å². The lowest BCUT2D eigenvalue weighted by Crippen LogP contribution is -2.29. The summed E-state index contributed by atoms with van der Waals surface area (Å²) in [5.41, 5.74) is 0.396. The molecule has 0 aliphatic carbocycles. The summed E-state index contributed by atoms with van der Waals surface area (Å²) in [5, 5.41) is 5.99. The molecule has 0 aliphatic heterocycles. The van der Waals surface area contributed by atoms with E-state index in [2.05, 4.69) is 42.5 Å². The molecule has 7 heteroatoms. The van der Waals surface area contributed by atoms with Gasteiger partial charge in [-0.15, -0.1) is 0 Å². The van der Waals surface area contributed by atoms with Crippen molar-refractivity contribution in [2.24, 2.45) is 0 Å². The molecule has 0 saturated heterocycles. The maximum Gasteiger partial charge on any atom is 0.319 e. The fourth-order valence-electron chi connectivity index (χ4n) is 0.978. The normalized spacial score (nSPS) is 11.2. The summed E-state index contributed by atoms with van der Waals surface area (Å²) in [6.45, 7) is 0.360. The van der Waals surface area contributed by atoms with Crippen LogP contribution in [0.1, 0.15) is 0 Å². The molecule has 0 heterocycles. The Kier molecular flexibility index (Phi) is 6.33. The van der Waals surface area contributed by atoms with E-state index in [1.54, 1.807) is 23.2 Å². The number of carbonyl (C=O) groups is 1. The van der Waals surface area contributed by atoms with Crippen LogP contribution in [0.3, 0.4) is 0 Å². The lowest BCUT2D eigenvalue weighted by molar-refractivity contribution is 0.253. The molecule has 1 aromatic rings. The monoisotopic (exact) mass is 400 g/mol.